The minimum Gasteiger partial charge on any atom is -0.494 e. The van der Waals surface area contributed by atoms with Crippen LogP contribution in [0.1, 0.15) is 17.3 Å². The fourth-order valence-corrected chi connectivity index (χ4v) is 2.59. The van der Waals surface area contributed by atoms with Crippen LogP contribution in [-0.4, -0.2) is 12.5 Å². The lowest BCUT2D eigenvalue weighted by Crippen LogP contribution is -2.12. The highest BCUT2D eigenvalue weighted by molar-refractivity contribution is 14.1. The third-order valence-electron chi connectivity index (χ3n) is 2.60. The van der Waals surface area contributed by atoms with E-state index in [1.165, 1.54) is 0 Å². The highest BCUT2D eigenvalue weighted by atomic mass is 127. The number of ether oxygens (including phenoxy) is 1. The minimum absolute atomic E-state index is 0.139. The highest BCUT2D eigenvalue weighted by Crippen LogP contribution is 2.22. The Morgan fingerprint density at radius 2 is 1.95 bits per heavy atom. The lowest BCUT2D eigenvalue weighted by atomic mass is 10.2. The average Bonchev–Trinajstić information content (AvgIpc) is 2.44. The fraction of sp³-hybridized carbons (Fsp3) is 0.133. The van der Waals surface area contributed by atoms with Gasteiger partial charge in [-0.05, 0) is 87.9 Å². The third kappa shape index (κ3) is 3.96. The maximum absolute atomic E-state index is 12.2. The van der Waals surface area contributed by atoms with Crippen molar-refractivity contribution in [2.75, 3.05) is 11.9 Å². The fourth-order valence-electron chi connectivity index (χ4n) is 1.67. The first-order chi connectivity index (χ1) is 9.60. The summed E-state index contributed by atoms with van der Waals surface area (Å²) in [6, 6.07) is 13.0. The van der Waals surface area contributed by atoms with Gasteiger partial charge in [0, 0.05) is 13.7 Å². The zero-order valence-corrected chi connectivity index (χ0v) is 14.6. The predicted molar refractivity (Wildman–Crippen MR) is 92.4 cm³/mol. The number of rotatable bonds is 4. The molecule has 1 N–H and O–H groups in total. The second kappa shape index (κ2) is 7.08. The Hall–Kier alpha value is -1.08. The number of nitrogens with one attached hydrogen (secondary N) is 1. The predicted octanol–water partition coefficient (Wildman–Crippen LogP) is 4.70. The number of carbonyl (C=O) groups is 1. The molecular formula is C15H13BrINO2. The van der Waals surface area contributed by atoms with Gasteiger partial charge in [-0.25, -0.2) is 0 Å². The molecule has 0 fully saturated rings. The van der Waals surface area contributed by atoms with Crippen LogP contribution in [0.3, 0.4) is 0 Å². The standard InChI is InChI=1S/C15H13BrINO2/c1-2-20-12-6-4-11(5-7-12)18-15(19)13-9-10(17)3-8-14(13)16/h3-9H,2H2,1H3,(H,18,19). The molecular weight excluding hydrogens is 433 g/mol. The van der Waals surface area contributed by atoms with Gasteiger partial charge < -0.3 is 10.1 Å². The van der Waals surface area contributed by atoms with Crippen LogP contribution < -0.4 is 10.1 Å². The largest absolute Gasteiger partial charge is 0.494 e. The first-order valence-electron chi connectivity index (χ1n) is 6.09. The molecule has 0 saturated carbocycles. The molecule has 20 heavy (non-hydrogen) atoms. The molecule has 0 saturated heterocycles. The van der Waals surface area contributed by atoms with Gasteiger partial charge in [-0.2, -0.15) is 0 Å². The van der Waals surface area contributed by atoms with Gasteiger partial charge in [0.05, 0.1) is 12.2 Å². The molecule has 0 unspecified atom stereocenters. The smallest absolute Gasteiger partial charge is 0.256 e. The zero-order valence-electron chi connectivity index (χ0n) is 10.8. The van der Waals surface area contributed by atoms with Crippen molar-refractivity contribution in [3.8, 4) is 5.75 Å². The molecule has 0 atom stereocenters. The monoisotopic (exact) mass is 445 g/mol. The summed E-state index contributed by atoms with van der Waals surface area (Å²) in [5.41, 5.74) is 1.36. The van der Waals surface area contributed by atoms with E-state index in [0.29, 0.717) is 12.2 Å². The van der Waals surface area contributed by atoms with Gasteiger partial charge in [-0.1, -0.05) is 0 Å². The summed E-state index contributed by atoms with van der Waals surface area (Å²) in [5, 5.41) is 2.87. The molecule has 2 aromatic rings. The molecule has 0 heterocycles. The number of amides is 1. The van der Waals surface area contributed by atoms with Gasteiger partial charge in [0.1, 0.15) is 5.75 Å². The second-order valence-corrected chi connectivity index (χ2v) is 6.14. The molecule has 0 radical (unpaired) electrons. The van der Waals surface area contributed by atoms with E-state index >= 15 is 0 Å². The van der Waals surface area contributed by atoms with Crippen molar-refractivity contribution < 1.29 is 9.53 Å². The van der Waals surface area contributed by atoms with E-state index in [0.717, 1.165) is 19.5 Å². The molecule has 0 aliphatic rings. The van der Waals surface area contributed by atoms with Crippen molar-refractivity contribution in [2.24, 2.45) is 0 Å². The van der Waals surface area contributed by atoms with E-state index in [1.54, 1.807) is 0 Å². The van der Waals surface area contributed by atoms with Crippen molar-refractivity contribution in [2.45, 2.75) is 6.92 Å². The van der Waals surface area contributed by atoms with Crippen LogP contribution in [0.2, 0.25) is 0 Å². The van der Waals surface area contributed by atoms with E-state index in [9.17, 15) is 4.79 Å². The van der Waals surface area contributed by atoms with Crippen molar-refractivity contribution in [1.82, 2.24) is 0 Å². The van der Waals surface area contributed by atoms with E-state index in [1.807, 2.05) is 49.4 Å². The van der Waals surface area contributed by atoms with Crippen LogP contribution in [0.25, 0.3) is 0 Å². The molecule has 2 aromatic carbocycles. The molecule has 2 rings (SSSR count). The van der Waals surface area contributed by atoms with Crippen molar-refractivity contribution >= 4 is 50.1 Å². The maximum atomic E-state index is 12.2. The Kier molecular flexibility index (Phi) is 5.42. The van der Waals surface area contributed by atoms with Crippen molar-refractivity contribution in [3.05, 3.63) is 56.1 Å². The minimum atomic E-state index is -0.139. The maximum Gasteiger partial charge on any atom is 0.256 e. The first kappa shape index (κ1) is 15.3. The molecule has 0 aliphatic carbocycles. The summed E-state index contributed by atoms with van der Waals surface area (Å²) in [5.74, 6) is 0.653. The second-order valence-electron chi connectivity index (χ2n) is 4.04. The molecule has 3 nitrogen and oxygen atoms in total. The summed E-state index contributed by atoms with van der Waals surface area (Å²) < 4.78 is 7.16. The van der Waals surface area contributed by atoms with Crippen LogP contribution in [0.5, 0.6) is 5.75 Å². The van der Waals surface area contributed by atoms with Crippen LogP contribution in [-0.2, 0) is 0 Å². The van der Waals surface area contributed by atoms with Crippen LogP contribution in [0.4, 0.5) is 5.69 Å². The molecule has 5 heteroatoms. The first-order valence-corrected chi connectivity index (χ1v) is 7.96. The van der Waals surface area contributed by atoms with Crippen LogP contribution >= 0.6 is 38.5 Å². The normalized spacial score (nSPS) is 10.2. The van der Waals surface area contributed by atoms with Crippen molar-refractivity contribution in [3.63, 3.8) is 0 Å². The lowest BCUT2D eigenvalue weighted by Gasteiger charge is -2.08. The number of halogens is 2. The average molecular weight is 446 g/mol. The van der Waals surface area contributed by atoms with Gasteiger partial charge in [0.2, 0.25) is 0 Å². The number of hydrogen-bond donors (Lipinski definition) is 1. The SMILES string of the molecule is CCOc1ccc(NC(=O)c2cc(I)ccc2Br)cc1. The summed E-state index contributed by atoms with van der Waals surface area (Å²) in [6.45, 7) is 2.56. The van der Waals surface area contributed by atoms with Gasteiger partial charge >= 0.3 is 0 Å². The summed E-state index contributed by atoms with van der Waals surface area (Å²) in [6.07, 6.45) is 0. The molecule has 0 spiro atoms. The van der Waals surface area contributed by atoms with Crippen LogP contribution in [0.15, 0.2) is 46.9 Å². The number of hydrogen-bond acceptors (Lipinski definition) is 2. The van der Waals surface area contributed by atoms with Gasteiger partial charge in [-0.15, -0.1) is 0 Å². The van der Waals surface area contributed by atoms with Gasteiger partial charge in [-0.3, -0.25) is 4.79 Å². The van der Waals surface area contributed by atoms with E-state index < -0.39 is 0 Å². The Morgan fingerprint density at radius 1 is 1.25 bits per heavy atom. The van der Waals surface area contributed by atoms with E-state index in [2.05, 4.69) is 43.8 Å². The molecule has 1 amide bonds. The van der Waals surface area contributed by atoms with E-state index in [-0.39, 0.29) is 5.91 Å². The number of carbonyl (C=O) groups excluding carboxylic acids is 1. The van der Waals surface area contributed by atoms with Crippen LogP contribution in [0, 0.1) is 3.57 Å². The Bertz CT molecular complexity index is 614. The third-order valence-corrected chi connectivity index (χ3v) is 3.96. The van der Waals surface area contributed by atoms with E-state index in [4.69, 9.17) is 4.74 Å². The number of anilines is 1. The lowest BCUT2D eigenvalue weighted by molar-refractivity contribution is 0.102. The topological polar surface area (TPSA) is 38.3 Å². The highest BCUT2D eigenvalue weighted by Gasteiger charge is 2.10. The zero-order chi connectivity index (χ0) is 14.5. The Balaban J connectivity index is 2.13. The Morgan fingerprint density at radius 3 is 2.60 bits per heavy atom. The number of benzene rings is 2. The quantitative estimate of drug-likeness (QED) is 0.692. The van der Waals surface area contributed by atoms with Gasteiger partial charge in [0.15, 0.2) is 0 Å². The molecule has 104 valence electrons. The van der Waals surface area contributed by atoms with Crippen molar-refractivity contribution in [1.29, 1.82) is 0 Å². The summed E-state index contributed by atoms with van der Waals surface area (Å²) in [4.78, 5) is 12.2. The molecule has 0 aliphatic heterocycles. The summed E-state index contributed by atoms with van der Waals surface area (Å²) in [7, 11) is 0. The van der Waals surface area contributed by atoms with Gasteiger partial charge in [0.25, 0.3) is 5.91 Å². The molecule has 0 aromatic heterocycles. The summed E-state index contributed by atoms with van der Waals surface area (Å²) >= 11 is 5.57. The Labute approximate surface area is 140 Å². The molecule has 0 bridgehead atoms.